The average Bonchev–Trinajstić information content (AvgIpc) is 3.15. The van der Waals surface area contributed by atoms with Crippen molar-refractivity contribution in [3.8, 4) is 5.69 Å². The van der Waals surface area contributed by atoms with Gasteiger partial charge in [-0.05, 0) is 42.3 Å². The Hall–Kier alpha value is -3.06. The highest BCUT2D eigenvalue weighted by Crippen LogP contribution is 2.25. The highest BCUT2D eigenvalue weighted by molar-refractivity contribution is 6.01. The summed E-state index contributed by atoms with van der Waals surface area (Å²) in [6.07, 6.45) is 1.22. The van der Waals surface area contributed by atoms with Crippen LogP contribution in [-0.2, 0) is 19.4 Å². The molecule has 2 N–H and O–H groups in total. The van der Waals surface area contributed by atoms with E-state index in [1.165, 1.54) is 0 Å². The molecule has 0 radical (unpaired) electrons. The van der Waals surface area contributed by atoms with Gasteiger partial charge in [0.05, 0.1) is 11.4 Å². The predicted molar refractivity (Wildman–Crippen MR) is 101 cm³/mol. The number of rotatable bonds is 4. The molecule has 1 aliphatic heterocycles. The number of hydrogen-bond donors (Lipinski definition) is 2. The maximum absolute atomic E-state index is 14.8. The third-order valence-electron chi connectivity index (χ3n) is 4.65. The van der Waals surface area contributed by atoms with E-state index in [-0.39, 0.29) is 17.3 Å². The van der Waals surface area contributed by atoms with Gasteiger partial charge in [0, 0.05) is 13.0 Å². The van der Waals surface area contributed by atoms with Crippen LogP contribution in [0.15, 0.2) is 42.5 Å². The molecule has 0 saturated heterocycles. The molecule has 3 aromatic rings. The molecule has 0 atom stereocenters. The first kappa shape index (κ1) is 17.4. The van der Waals surface area contributed by atoms with Crippen LogP contribution in [0.1, 0.15) is 34.5 Å². The summed E-state index contributed by atoms with van der Waals surface area (Å²) in [5.74, 6) is -0.203. The zero-order chi connectivity index (χ0) is 18.8. The fourth-order valence-electron chi connectivity index (χ4n) is 3.25. The van der Waals surface area contributed by atoms with E-state index in [4.69, 9.17) is 0 Å². The Labute approximate surface area is 156 Å². The molecule has 0 saturated carbocycles. The maximum atomic E-state index is 14.8. The molecule has 6 nitrogen and oxygen atoms in total. The Morgan fingerprint density at radius 1 is 1.26 bits per heavy atom. The molecule has 0 aliphatic carbocycles. The standard InChI is InChI=1S/C20H20FN5O/c1-2-17-24-19(25-26(17)14-6-4-3-5-7-14)20(27)23-16-9-8-13-12-22-11-10-15(13)18(16)21/h3-9,22H,2,10-12H2,1H3,(H,23,27). The van der Waals surface area contributed by atoms with Gasteiger partial charge in [0.2, 0.25) is 5.82 Å². The van der Waals surface area contributed by atoms with E-state index < -0.39 is 5.91 Å². The second-order valence-electron chi connectivity index (χ2n) is 6.40. The van der Waals surface area contributed by atoms with Crippen LogP contribution in [0.3, 0.4) is 0 Å². The molecule has 2 aromatic carbocycles. The highest BCUT2D eigenvalue weighted by atomic mass is 19.1. The first-order valence-corrected chi connectivity index (χ1v) is 9.01. The fraction of sp³-hybridized carbons (Fsp3) is 0.250. The van der Waals surface area contributed by atoms with E-state index in [1.54, 1.807) is 10.7 Å². The second-order valence-corrected chi connectivity index (χ2v) is 6.40. The molecule has 1 amide bonds. The van der Waals surface area contributed by atoms with Crippen molar-refractivity contribution in [3.05, 3.63) is 71.1 Å². The minimum absolute atomic E-state index is 0.0227. The van der Waals surface area contributed by atoms with E-state index in [9.17, 15) is 9.18 Å². The molecule has 4 rings (SSSR count). The fourth-order valence-corrected chi connectivity index (χ4v) is 3.25. The van der Waals surface area contributed by atoms with Crippen molar-refractivity contribution < 1.29 is 9.18 Å². The van der Waals surface area contributed by atoms with Gasteiger partial charge in [0.15, 0.2) is 0 Å². The number of hydrogen-bond acceptors (Lipinski definition) is 4. The van der Waals surface area contributed by atoms with Crippen molar-refractivity contribution in [2.24, 2.45) is 0 Å². The summed E-state index contributed by atoms with van der Waals surface area (Å²) < 4.78 is 16.4. The molecule has 0 bridgehead atoms. The van der Waals surface area contributed by atoms with Gasteiger partial charge in [-0.3, -0.25) is 4.79 Å². The summed E-state index contributed by atoms with van der Waals surface area (Å²) >= 11 is 0. The van der Waals surface area contributed by atoms with Gasteiger partial charge < -0.3 is 10.6 Å². The lowest BCUT2D eigenvalue weighted by Crippen LogP contribution is -2.25. The van der Waals surface area contributed by atoms with E-state index in [1.807, 2.05) is 43.3 Å². The number of halogens is 1. The van der Waals surface area contributed by atoms with Crippen molar-refractivity contribution >= 4 is 11.6 Å². The first-order chi connectivity index (χ1) is 13.2. The minimum atomic E-state index is -0.521. The number of carbonyl (C=O) groups is 1. The summed E-state index contributed by atoms with van der Waals surface area (Å²) in [6.45, 7) is 3.32. The number of nitrogens with zero attached hydrogens (tertiary/aromatic N) is 3. The lowest BCUT2D eigenvalue weighted by Gasteiger charge is -2.19. The number of benzene rings is 2. The Balaban J connectivity index is 1.62. The predicted octanol–water partition coefficient (Wildman–Crippen LogP) is 2.87. The molecular weight excluding hydrogens is 345 g/mol. The number of aromatic nitrogens is 3. The van der Waals surface area contributed by atoms with Crippen LogP contribution in [0.4, 0.5) is 10.1 Å². The second kappa shape index (κ2) is 7.28. The van der Waals surface area contributed by atoms with Crippen LogP contribution in [-0.4, -0.2) is 27.2 Å². The van der Waals surface area contributed by atoms with E-state index in [0.29, 0.717) is 30.8 Å². The summed E-state index contributed by atoms with van der Waals surface area (Å²) in [5, 5.41) is 10.2. The molecular formula is C20H20FN5O. The summed E-state index contributed by atoms with van der Waals surface area (Å²) in [6, 6.07) is 12.9. The van der Waals surface area contributed by atoms with Crippen LogP contribution in [0, 0.1) is 5.82 Å². The molecule has 0 fully saturated rings. The van der Waals surface area contributed by atoms with Crippen LogP contribution < -0.4 is 10.6 Å². The van der Waals surface area contributed by atoms with Crippen molar-refractivity contribution in [1.29, 1.82) is 0 Å². The van der Waals surface area contributed by atoms with Crippen molar-refractivity contribution in [2.45, 2.75) is 26.3 Å². The van der Waals surface area contributed by atoms with Crippen LogP contribution in [0.2, 0.25) is 0 Å². The number of para-hydroxylation sites is 1. The first-order valence-electron chi connectivity index (χ1n) is 9.01. The molecule has 2 heterocycles. The Kier molecular flexibility index (Phi) is 4.68. The van der Waals surface area contributed by atoms with Crippen molar-refractivity contribution in [3.63, 3.8) is 0 Å². The van der Waals surface area contributed by atoms with Gasteiger partial charge in [0.1, 0.15) is 11.6 Å². The highest BCUT2D eigenvalue weighted by Gasteiger charge is 2.21. The van der Waals surface area contributed by atoms with Crippen LogP contribution in [0.25, 0.3) is 5.69 Å². The monoisotopic (exact) mass is 365 g/mol. The largest absolute Gasteiger partial charge is 0.317 e. The average molecular weight is 365 g/mol. The van der Waals surface area contributed by atoms with Crippen LogP contribution >= 0.6 is 0 Å². The van der Waals surface area contributed by atoms with E-state index in [0.717, 1.165) is 17.8 Å². The third-order valence-corrected chi connectivity index (χ3v) is 4.65. The number of fused-ring (bicyclic) bond motifs is 1. The SMILES string of the molecule is CCc1nc(C(=O)Nc2ccc3c(c2F)CCNC3)nn1-c1ccccc1. The van der Waals surface area contributed by atoms with E-state index in [2.05, 4.69) is 20.7 Å². The molecule has 0 spiro atoms. The van der Waals surface area contributed by atoms with Gasteiger partial charge in [-0.15, -0.1) is 5.10 Å². The summed E-state index contributed by atoms with van der Waals surface area (Å²) in [7, 11) is 0. The van der Waals surface area contributed by atoms with Crippen molar-refractivity contribution in [2.75, 3.05) is 11.9 Å². The third kappa shape index (κ3) is 3.33. The zero-order valence-electron chi connectivity index (χ0n) is 15.0. The smallest absolute Gasteiger partial charge is 0.295 e. The number of nitrogens with one attached hydrogen (secondary N) is 2. The molecule has 7 heteroatoms. The normalized spacial score (nSPS) is 13.3. The molecule has 138 valence electrons. The Morgan fingerprint density at radius 3 is 2.85 bits per heavy atom. The Bertz CT molecular complexity index is 984. The number of anilines is 1. The number of aryl methyl sites for hydroxylation is 1. The van der Waals surface area contributed by atoms with Gasteiger partial charge in [-0.1, -0.05) is 31.2 Å². The van der Waals surface area contributed by atoms with Gasteiger partial charge >= 0.3 is 0 Å². The lowest BCUT2D eigenvalue weighted by molar-refractivity contribution is 0.101. The zero-order valence-corrected chi connectivity index (χ0v) is 15.0. The van der Waals surface area contributed by atoms with Gasteiger partial charge in [0.25, 0.3) is 5.91 Å². The Morgan fingerprint density at radius 2 is 2.07 bits per heavy atom. The number of carbonyl (C=O) groups excluding carboxylic acids is 1. The van der Waals surface area contributed by atoms with Gasteiger partial charge in [-0.2, -0.15) is 0 Å². The number of amides is 1. The molecule has 0 unspecified atom stereocenters. The van der Waals surface area contributed by atoms with Crippen LogP contribution in [0.5, 0.6) is 0 Å². The van der Waals surface area contributed by atoms with Crippen molar-refractivity contribution in [1.82, 2.24) is 20.1 Å². The quantitative estimate of drug-likeness (QED) is 0.746. The maximum Gasteiger partial charge on any atom is 0.295 e. The lowest BCUT2D eigenvalue weighted by atomic mass is 9.99. The molecule has 1 aromatic heterocycles. The molecule has 27 heavy (non-hydrogen) atoms. The summed E-state index contributed by atoms with van der Waals surface area (Å²) in [4.78, 5) is 16.9. The summed E-state index contributed by atoms with van der Waals surface area (Å²) in [5.41, 5.74) is 2.57. The topological polar surface area (TPSA) is 71.8 Å². The van der Waals surface area contributed by atoms with E-state index >= 15 is 0 Å². The minimum Gasteiger partial charge on any atom is -0.317 e. The van der Waals surface area contributed by atoms with Gasteiger partial charge in [-0.25, -0.2) is 14.1 Å². The molecule has 1 aliphatic rings.